The van der Waals surface area contributed by atoms with Gasteiger partial charge >= 0.3 is 0 Å². The molecule has 0 aliphatic carbocycles. The average Bonchev–Trinajstić information content (AvgIpc) is 1.65. The van der Waals surface area contributed by atoms with Crippen LogP contribution in [0.15, 0.2) is 9.91 Å². The third-order valence-electron chi connectivity index (χ3n) is 0.656. The lowest BCUT2D eigenvalue weighted by Crippen LogP contribution is -1.83. The van der Waals surface area contributed by atoms with Crippen molar-refractivity contribution >= 4 is 22.6 Å². The first kappa shape index (κ1) is 7.40. The molecular formula is C5H8FI. The Bertz CT molecular complexity index is 76.1. The first-order chi connectivity index (χ1) is 3.18. The standard InChI is InChI=1S/C5H8FI/c1-4(2)5(6)3-7/h3-4H,1-2H3/b5-3-. The molecule has 0 aromatic carbocycles. The molecule has 0 N–H and O–H groups in total. The van der Waals surface area contributed by atoms with Crippen molar-refractivity contribution in [2.45, 2.75) is 13.8 Å². The van der Waals surface area contributed by atoms with Crippen LogP contribution in [0, 0.1) is 5.92 Å². The summed E-state index contributed by atoms with van der Waals surface area (Å²) in [5, 5.41) is 0. The second-order valence-corrected chi connectivity index (χ2v) is 2.27. The lowest BCUT2D eigenvalue weighted by molar-refractivity contribution is 0.523. The molecule has 0 fully saturated rings. The van der Waals surface area contributed by atoms with Gasteiger partial charge in [-0.15, -0.1) is 0 Å². The van der Waals surface area contributed by atoms with Crippen LogP contribution in [0.3, 0.4) is 0 Å². The highest BCUT2D eigenvalue weighted by Crippen LogP contribution is 2.11. The highest BCUT2D eigenvalue weighted by atomic mass is 127. The van der Waals surface area contributed by atoms with Gasteiger partial charge in [0.25, 0.3) is 0 Å². The molecule has 0 spiro atoms. The molecule has 0 aromatic rings. The fraction of sp³-hybridized carbons (Fsp3) is 0.600. The van der Waals surface area contributed by atoms with E-state index >= 15 is 0 Å². The maximum atomic E-state index is 12.1. The molecule has 0 aliphatic rings. The summed E-state index contributed by atoms with van der Waals surface area (Å²) in [4.78, 5) is 0. The van der Waals surface area contributed by atoms with Crippen molar-refractivity contribution in [1.29, 1.82) is 0 Å². The summed E-state index contributed by atoms with van der Waals surface area (Å²) in [6.07, 6.45) is 0. The van der Waals surface area contributed by atoms with Gasteiger partial charge < -0.3 is 0 Å². The summed E-state index contributed by atoms with van der Waals surface area (Å²) < 4.78 is 13.6. The molecular weight excluding hydrogens is 206 g/mol. The highest BCUT2D eigenvalue weighted by Gasteiger charge is 1.96. The predicted molar refractivity (Wildman–Crippen MR) is 38.0 cm³/mol. The van der Waals surface area contributed by atoms with Gasteiger partial charge in [-0.3, -0.25) is 0 Å². The quantitative estimate of drug-likeness (QED) is 0.588. The fourth-order valence-corrected chi connectivity index (χ4v) is 0.845. The summed E-state index contributed by atoms with van der Waals surface area (Å²) in [6, 6.07) is 0. The van der Waals surface area contributed by atoms with Gasteiger partial charge in [0.1, 0.15) is 5.83 Å². The van der Waals surface area contributed by atoms with Crippen molar-refractivity contribution < 1.29 is 4.39 Å². The Morgan fingerprint density at radius 3 is 2.14 bits per heavy atom. The minimum absolute atomic E-state index is 0.0411. The van der Waals surface area contributed by atoms with E-state index in [0.717, 1.165) is 0 Å². The molecule has 0 atom stereocenters. The van der Waals surface area contributed by atoms with E-state index in [4.69, 9.17) is 0 Å². The first-order valence-electron chi connectivity index (χ1n) is 2.14. The molecule has 2 heteroatoms. The van der Waals surface area contributed by atoms with E-state index < -0.39 is 0 Å². The molecule has 0 radical (unpaired) electrons. The summed E-state index contributed by atoms with van der Waals surface area (Å²) in [6.45, 7) is 3.65. The number of hydrogen-bond acceptors (Lipinski definition) is 0. The van der Waals surface area contributed by atoms with Crippen molar-refractivity contribution in [3.8, 4) is 0 Å². The zero-order valence-electron chi connectivity index (χ0n) is 4.41. The monoisotopic (exact) mass is 214 g/mol. The van der Waals surface area contributed by atoms with Gasteiger partial charge in [0.05, 0.1) is 0 Å². The molecule has 0 aliphatic heterocycles. The van der Waals surface area contributed by atoms with Gasteiger partial charge in [0.2, 0.25) is 0 Å². The van der Waals surface area contributed by atoms with Crippen molar-refractivity contribution in [2.24, 2.45) is 5.92 Å². The van der Waals surface area contributed by atoms with E-state index in [1.54, 1.807) is 0 Å². The first-order valence-corrected chi connectivity index (χ1v) is 3.38. The highest BCUT2D eigenvalue weighted by molar-refractivity contribution is 14.1. The molecule has 0 heterocycles. The Morgan fingerprint density at radius 2 is 2.14 bits per heavy atom. The van der Waals surface area contributed by atoms with E-state index in [1.807, 2.05) is 36.4 Å². The number of allylic oxidation sites excluding steroid dienone is 1. The van der Waals surface area contributed by atoms with Crippen LogP contribution >= 0.6 is 22.6 Å². The van der Waals surface area contributed by atoms with Gasteiger partial charge in [-0.25, -0.2) is 4.39 Å². The van der Waals surface area contributed by atoms with Crippen molar-refractivity contribution in [3.63, 3.8) is 0 Å². The number of halogens is 2. The van der Waals surface area contributed by atoms with Crippen molar-refractivity contribution in [3.05, 3.63) is 9.91 Å². The minimum atomic E-state index is -0.0411. The average molecular weight is 214 g/mol. The summed E-state index contributed by atoms with van der Waals surface area (Å²) >= 11 is 1.89. The van der Waals surface area contributed by atoms with Crippen molar-refractivity contribution in [1.82, 2.24) is 0 Å². The van der Waals surface area contributed by atoms with Crippen LogP contribution in [0.5, 0.6) is 0 Å². The second kappa shape index (κ2) is 3.41. The second-order valence-electron chi connectivity index (χ2n) is 1.65. The number of hydrogen-bond donors (Lipinski definition) is 0. The third kappa shape index (κ3) is 3.02. The van der Waals surface area contributed by atoms with E-state index in [-0.39, 0.29) is 11.7 Å². The van der Waals surface area contributed by atoms with Gasteiger partial charge in [-0.05, 0) is 0 Å². The van der Waals surface area contributed by atoms with Crippen LogP contribution in [0.1, 0.15) is 13.8 Å². The normalized spacial score (nSPS) is 13.0. The Labute approximate surface area is 56.9 Å². The van der Waals surface area contributed by atoms with E-state index in [0.29, 0.717) is 0 Å². The zero-order chi connectivity index (χ0) is 5.86. The SMILES string of the molecule is CC(C)/C(F)=C/I. The van der Waals surface area contributed by atoms with E-state index in [2.05, 4.69) is 0 Å². The molecule has 0 rings (SSSR count). The summed E-state index contributed by atoms with van der Waals surface area (Å²) in [7, 11) is 0. The van der Waals surface area contributed by atoms with Crippen LogP contribution in [0.4, 0.5) is 4.39 Å². The zero-order valence-corrected chi connectivity index (χ0v) is 6.57. The van der Waals surface area contributed by atoms with Gasteiger partial charge in [0.15, 0.2) is 0 Å². The molecule has 42 valence electrons. The molecule has 0 amide bonds. The maximum Gasteiger partial charge on any atom is 0.108 e. The largest absolute Gasteiger partial charge is 0.211 e. The summed E-state index contributed by atoms with van der Waals surface area (Å²) in [5.41, 5.74) is 0. The Balaban J connectivity index is 3.56. The van der Waals surface area contributed by atoms with Crippen LogP contribution in [0.25, 0.3) is 0 Å². The molecule has 7 heavy (non-hydrogen) atoms. The fourth-order valence-electron chi connectivity index (χ4n) is 0.126. The predicted octanol–water partition coefficient (Wildman–Crippen LogP) is 2.89. The topological polar surface area (TPSA) is 0 Å². The number of rotatable bonds is 1. The third-order valence-corrected chi connectivity index (χ3v) is 1.25. The van der Waals surface area contributed by atoms with Crippen LogP contribution < -0.4 is 0 Å². The molecule has 0 bridgehead atoms. The molecule has 0 nitrogen and oxygen atoms in total. The lowest BCUT2D eigenvalue weighted by Gasteiger charge is -1.94. The van der Waals surface area contributed by atoms with Gasteiger partial charge in [-0.2, -0.15) is 0 Å². The molecule has 0 aromatic heterocycles. The van der Waals surface area contributed by atoms with Gasteiger partial charge in [-0.1, -0.05) is 36.4 Å². The van der Waals surface area contributed by atoms with E-state index in [9.17, 15) is 4.39 Å². The van der Waals surface area contributed by atoms with Gasteiger partial charge in [0, 0.05) is 10.0 Å². The minimum Gasteiger partial charge on any atom is -0.211 e. The van der Waals surface area contributed by atoms with Crippen LogP contribution in [-0.2, 0) is 0 Å². The van der Waals surface area contributed by atoms with Crippen molar-refractivity contribution in [2.75, 3.05) is 0 Å². The molecule has 0 saturated heterocycles. The van der Waals surface area contributed by atoms with Crippen LogP contribution in [0.2, 0.25) is 0 Å². The Kier molecular flexibility index (Phi) is 3.60. The van der Waals surface area contributed by atoms with Crippen LogP contribution in [-0.4, -0.2) is 0 Å². The summed E-state index contributed by atoms with van der Waals surface area (Å²) in [5.74, 6) is 0.0116. The molecule has 0 saturated carbocycles. The maximum absolute atomic E-state index is 12.1. The smallest absolute Gasteiger partial charge is 0.108 e. The molecule has 0 unspecified atom stereocenters. The lowest BCUT2D eigenvalue weighted by atomic mass is 10.2. The Morgan fingerprint density at radius 1 is 1.71 bits per heavy atom. The Hall–Kier alpha value is 0.400. The van der Waals surface area contributed by atoms with E-state index in [1.165, 1.54) is 4.08 Å².